The number of amides is 3. The van der Waals surface area contributed by atoms with Crippen molar-refractivity contribution in [3.05, 3.63) is 137 Å². The van der Waals surface area contributed by atoms with Crippen LogP contribution >= 0.6 is 0 Å². The molecule has 0 saturated carbocycles. The summed E-state index contributed by atoms with van der Waals surface area (Å²) in [6.45, 7) is 3.82. The number of anilines is 1. The minimum atomic E-state index is -0.588. The molecule has 3 amide bonds. The zero-order chi connectivity index (χ0) is 28.5. The Morgan fingerprint density at radius 1 is 0.650 bits per heavy atom. The Bertz CT molecular complexity index is 1580. The molecule has 40 heavy (non-hydrogen) atoms. The van der Waals surface area contributed by atoms with E-state index in [2.05, 4.69) is 16.2 Å². The van der Waals surface area contributed by atoms with Gasteiger partial charge in [0.2, 0.25) is 0 Å². The number of carbonyl (C=O) groups is 4. The van der Waals surface area contributed by atoms with Gasteiger partial charge >= 0.3 is 5.97 Å². The molecule has 0 aliphatic heterocycles. The van der Waals surface area contributed by atoms with Crippen LogP contribution in [0.4, 0.5) is 5.69 Å². The molecule has 4 rings (SSSR count). The van der Waals surface area contributed by atoms with Crippen molar-refractivity contribution in [2.45, 2.75) is 13.8 Å². The fraction of sp³-hybridized carbons (Fsp3) is 0.0625. The first-order valence-electron chi connectivity index (χ1n) is 12.4. The lowest BCUT2D eigenvalue weighted by Crippen LogP contribution is -2.40. The van der Waals surface area contributed by atoms with Crippen molar-refractivity contribution in [1.82, 2.24) is 10.9 Å². The minimum absolute atomic E-state index is 0.261. The molecule has 0 aliphatic rings. The standard InChI is InChI=1S/C32H27N3O5/c1-21-10-12-24(13-11-21)30(37)33-27-17-14-25(15-18-27)31(38)35-34-29(36)19-16-23-7-3-4-9-28(23)40-32(39)26-8-5-6-22(2)20-26/h3-20H,1-2H3,(H,33,37)(H,34,36)(H,35,38)/b19-16+. The molecule has 0 radical (unpaired) electrons. The molecule has 0 aliphatic carbocycles. The Labute approximate surface area is 231 Å². The number of hydrazine groups is 1. The topological polar surface area (TPSA) is 114 Å². The molecular weight excluding hydrogens is 506 g/mol. The van der Waals surface area contributed by atoms with E-state index in [9.17, 15) is 19.2 Å². The van der Waals surface area contributed by atoms with Crippen LogP contribution in [-0.2, 0) is 4.79 Å². The second-order valence-corrected chi connectivity index (χ2v) is 8.97. The first-order chi connectivity index (χ1) is 19.3. The molecule has 200 valence electrons. The van der Waals surface area contributed by atoms with Crippen molar-refractivity contribution in [1.29, 1.82) is 0 Å². The van der Waals surface area contributed by atoms with E-state index in [0.29, 0.717) is 22.4 Å². The quantitative estimate of drug-likeness (QED) is 0.130. The molecule has 0 fully saturated rings. The zero-order valence-electron chi connectivity index (χ0n) is 21.9. The summed E-state index contributed by atoms with van der Waals surface area (Å²) in [6, 6.07) is 27.3. The van der Waals surface area contributed by atoms with Crippen LogP contribution in [0.2, 0.25) is 0 Å². The van der Waals surface area contributed by atoms with Crippen molar-refractivity contribution in [2.24, 2.45) is 0 Å². The van der Waals surface area contributed by atoms with Gasteiger partial charge in [-0.25, -0.2) is 4.79 Å². The van der Waals surface area contributed by atoms with Crippen LogP contribution in [-0.4, -0.2) is 23.7 Å². The fourth-order valence-corrected chi connectivity index (χ4v) is 3.65. The summed E-state index contributed by atoms with van der Waals surface area (Å²) < 4.78 is 5.52. The van der Waals surface area contributed by atoms with Crippen LogP contribution in [0.1, 0.15) is 47.8 Å². The first-order valence-corrected chi connectivity index (χ1v) is 12.4. The number of aryl methyl sites for hydroxylation is 2. The van der Waals surface area contributed by atoms with Gasteiger partial charge in [0.05, 0.1) is 5.56 Å². The van der Waals surface area contributed by atoms with Crippen LogP contribution in [0.25, 0.3) is 6.08 Å². The number of hydrogen-bond donors (Lipinski definition) is 3. The molecule has 0 spiro atoms. The molecular formula is C32H27N3O5. The maximum absolute atomic E-state index is 12.5. The number of esters is 1. The molecule has 3 N–H and O–H groups in total. The number of carbonyl (C=O) groups excluding carboxylic acids is 4. The Morgan fingerprint density at radius 3 is 2.05 bits per heavy atom. The number of rotatable bonds is 7. The van der Waals surface area contributed by atoms with E-state index in [1.54, 1.807) is 66.7 Å². The van der Waals surface area contributed by atoms with Crippen LogP contribution < -0.4 is 20.9 Å². The highest BCUT2D eigenvalue weighted by molar-refractivity contribution is 6.04. The molecule has 8 heteroatoms. The van der Waals surface area contributed by atoms with E-state index in [0.717, 1.165) is 11.1 Å². The number of benzene rings is 4. The second-order valence-electron chi connectivity index (χ2n) is 8.97. The van der Waals surface area contributed by atoms with Gasteiger partial charge in [-0.2, -0.15) is 0 Å². The molecule has 4 aromatic rings. The summed E-state index contributed by atoms with van der Waals surface area (Å²) in [7, 11) is 0. The van der Waals surface area contributed by atoms with Crippen LogP contribution in [0.5, 0.6) is 5.75 Å². The predicted molar refractivity (Wildman–Crippen MR) is 153 cm³/mol. The van der Waals surface area contributed by atoms with Gasteiger partial charge in [-0.05, 0) is 74.5 Å². The Kier molecular flexibility index (Phi) is 8.84. The molecule has 4 aromatic carbocycles. The summed E-state index contributed by atoms with van der Waals surface area (Å²) in [5.74, 6) is -1.61. The van der Waals surface area contributed by atoms with Gasteiger partial charge in [-0.15, -0.1) is 0 Å². The summed E-state index contributed by atoms with van der Waals surface area (Å²) >= 11 is 0. The summed E-state index contributed by atoms with van der Waals surface area (Å²) in [5, 5.41) is 2.77. The Morgan fingerprint density at radius 2 is 1.32 bits per heavy atom. The molecule has 0 heterocycles. The van der Waals surface area contributed by atoms with E-state index in [-0.39, 0.29) is 17.2 Å². The minimum Gasteiger partial charge on any atom is -0.422 e. The molecule has 0 aromatic heterocycles. The maximum atomic E-state index is 12.5. The number of para-hydroxylation sites is 1. The maximum Gasteiger partial charge on any atom is 0.343 e. The van der Waals surface area contributed by atoms with Gasteiger partial charge in [0.15, 0.2) is 0 Å². The normalized spacial score (nSPS) is 10.6. The largest absolute Gasteiger partial charge is 0.422 e. The van der Waals surface area contributed by atoms with E-state index < -0.39 is 17.8 Å². The lowest BCUT2D eigenvalue weighted by Gasteiger charge is -2.09. The highest BCUT2D eigenvalue weighted by Gasteiger charge is 2.12. The molecule has 0 saturated heterocycles. The molecule has 8 nitrogen and oxygen atoms in total. The van der Waals surface area contributed by atoms with E-state index in [4.69, 9.17) is 4.74 Å². The summed E-state index contributed by atoms with van der Waals surface area (Å²) in [4.78, 5) is 49.6. The third kappa shape index (κ3) is 7.52. The third-order valence-corrected chi connectivity index (χ3v) is 5.81. The van der Waals surface area contributed by atoms with Gasteiger partial charge in [-0.1, -0.05) is 53.6 Å². The van der Waals surface area contributed by atoms with E-state index in [1.807, 2.05) is 32.0 Å². The SMILES string of the molecule is Cc1ccc(C(=O)Nc2ccc(C(=O)NNC(=O)/C=C/c3ccccc3OC(=O)c3cccc(C)c3)cc2)cc1. The van der Waals surface area contributed by atoms with Gasteiger partial charge in [-0.3, -0.25) is 25.2 Å². The fourth-order valence-electron chi connectivity index (χ4n) is 3.65. The van der Waals surface area contributed by atoms with E-state index in [1.165, 1.54) is 24.3 Å². The lowest BCUT2D eigenvalue weighted by atomic mass is 10.1. The van der Waals surface area contributed by atoms with Crippen molar-refractivity contribution >= 4 is 35.5 Å². The van der Waals surface area contributed by atoms with Crippen molar-refractivity contribution in [2.75, 3.05) is 5.32 Å². The van der Waals surface area contributed by atoms with E-state index >= 15 is 0 Å². The number of nitrogens with one attached hydrogen (secondary N) is 3. The highest BCUT2D eigenvalue weighted by Crippen LogP contribution is 2.21. The van der Waals surface area contributed by atoms with Gasteiger partial charge in [0.25, 0.3) is 17.7 Å². The summed E-state index contributed by atoms with van der Waals surface area (Å²) in [6.07, 6.45) is 2.69. The van der Waals surface area contributed by atoms with Gasteiger partial charge < -0.3 is 10.1 Å². The van der Waals surface area contributed by atoms with Crippen LogP contribution in [0, 0.1) is 13.8 Å². The van der Waals surface area contributed by atoms with Crippen LogP contribution in [0.3, 0.4) is 0 Å². The highest BCUT2D eigenvalue weighted by atomic mass is 16.5. The van der Waals surface area contributed by atoms with Crippen LogP contribution in [0.15, 0.2) is 103 Å². The average Bonchev–Trinajstić information content (AvgIpc) is 2.96. The van der Waals surface area contributed by atoms with Gasteiger partial charge in [0.1, 0.15) is 5.75 Å². The second kappa shape index (κ2) is 12.8. The van der Waals surface area contributed by atoms with Crippen molar-refractivity contribution < 1.29 is 23.9 Å². The first kappa shape index (κ1) is 27.5. The zero-order valence-corrected chi connectivity index (χ0v) is 21.9. The Hall–Kier alpha value is -5.50. The monoisotopic (exact) mass is 533 g/mol. The third-order valence-electron chi connectivity index (χ3n) is 5.81. The molecule has 0 atom stereocenters. The average molecular weight is 534 g/mol. The molecule has 0 unspecified atom stereocenters. The lowest BCUT2D eigenvalue weighted by molar-refractivity contribution is -0.117. The smallest absolute Gasteiger partial charge is 0.343 e. The Balaban J connectivity index is 1.30. The van der Waals surface area contributed by atoms with Crippen molar-refractivity contribution in [3.8, 4) is 5.75 Å². The van der Waals surface area contributed by atoms with Crippen molar-refractivity contribution in [3.63, 3.8) is 0 Å². The summed E-state index contributed by atoms with van der Waals surface area (Å²) in [5.41, 5.74) is 8.89. The van der Waals surface area contributed by atoms with Gasteiger partial charge in [0, 0.05) is 28.5 Å². The number of hydrogen-bond acceptors (Lipinski definition) is 5. The molecule has 0 bridgehead atoms. The number of ether oxygens (including phenoxy) is 1. The predicted octanol–water partition coefficient (Wildman–Crippen LogP) is 5.25.